The molecule has 0 aromatic carbocycles. The van der Waals surface area contributed by atoms with E-state index in [1.165, 1.54) is 0 Å². The molecule has 0 aromatic heterocycles. The molecule has 0 radical (unpaired) electrons. The number of ketones is 1. The summed E-state index contributed by atoms with van der Waals surface area (Å²) in [7, 11) is 0. The molecule has 0 aromatic rings. The van der Waals surface area contributed by atoms with Crippen LogP contribution in [0.2, 0.25) is 0 Å². The highest BCUT2D eigenvalue weighted by molar-refractivity contribution is 5.92. The average Bonchev–Trinajstić information content (AvgIpc) is 2.63. The summed E-state index contributed by atoms with van der Waals surface area (Å²) in [4.78, 5) is 15.6. The van der Waals surface area contributed by atoms with Gasteiger partial charge in [-0.15, -0.1) is 0 Å². The van der Waals surface area contributed by atoms with Gasteiger partial charge in [0.2, 0.25) is 6.17 Å². The van der Waals surface area contributed by atoms with Crippen LogP contribution >= 0.6 is 0 Å². The number of aliphatic hydroxyl groups is 5. The lowest BCUT2D eigenvalue weighted by molar-refractivity contribution is -1.17. The van der Waals surface area contributed by atoms with Crippen molar-refractivity contribution in [2.24, 2.45) is 10.8 Å². The molecule has 0 amide bonds. The summed E-state index contributed by atoms with van der Waals surface area (Å²) < 4.78 is 0. The molecule has 0 unspecified atom stereocenters. The normalized spacial score (nSPS) is 42.2. The van der Waals surface area contributed by atoms with Crippen molar-refractivity contribution in [3.63, 3.8) is 0 Å². The Morgan fingerprint density at radius 3 is 1.74 bits per heavy atom. The average molecular weight is 389 g/mol. The first-order valence-electron chi connectivity index (χ1n) is 10.3. The van der Waals surface area contributed by atoms with Crippen LogP contribution in [0, 0.1) is 10.8 Å². The van der Waals surface area contributed by atoms with Crippen LogP contribution in [-0.2, 0) is 4.79 Å². The van der Waals surface area contributed by atoms with Gasteiger partial charge in [0, 0.05) is 0 Å². The lowest BCUT2D eigenvalue weighted by Crippen LogP contribution is -3.46. The Morgan fingerprint density at radius 2 is 1.37 bits per heavy atom. The zero-order chi connectivity index (χ0) is 20.0. The Hall–Kier alpha value is -0.610. The Balaban J connectivity index is 1.86. The SMILES string of the molecule is CCCC12C[NH+]3CC(CCC)(C[NH+](C1)C3[C@H](O)[C@H](O)[C@H](O)[C@H](O)CO)C2=O. The van der Waals surface area contributed by atoms with Gasteiger partial charge in [0.05, 0.1) is 6.61 Å². The fourth-order valence-electron chi connectivity index (χ4n) is 6.36. The van der Waals surface area contributed by atoms with Gasteiger partial charge in [-0.25, -0.2) is 0 Å². The van der Waals surface area contributed by atoms with Gasteiger partial charge < -0.3 is 25.5 Å². The van der Waals surface area contributed by atoms with Gasteiger partial charge in [0.25, 0.3) is 0 Å². The molecule has 0 aliphatic carbocycles. The minimum absolute atomic E-state index is 0.344. The minimum Gasteiger partial charge on any atom is -0.394 e. The third-order valence-corrected chi connectivity index (χ3v) is 7.18. The first-order valence-corrected chi connectivity index (χ1v) is 10.3. The molecule has 8 nitrogen and oxygen atoms in total. The van der Waals surface area contributed by atoms with E-state index in [0.717, 1.165) is 35.5 Å². The topological polar surface area (TPSA) is 127 Å². The maximum atomic E-state index is 13.4. The van der Waals surface area contributed by atoms with Crippen molar-refractivity contribution < 1.29 is 40.1 Å². The number of hydrogen-bond acceptors (Lipinski definition) is 6. The summed E-state index contributed by atoms with van der Waals surface area (Å²) in [6, 6.07) is 0. The zero-order valence-electron chi connectivity index (χ0n) is 16.4. The maximum absolute atomic E-state index is 13.4. The van der Waals surface area contributed by atoms with Gasteiger partial charge in [0.1, 0.15) is 55.3 Å². The fourth-order valence-corrected chi connectivity index (χ4v) is 6.36. The summed E-state index contributed by atoms with van der Waals surface area (Å²) in [5, 5.41) is 49.9. The van der Waals surface area contributed by atoms with E-state index in [1.807, 2.05) is 0 Å². The van der Waals surface area contributed by atoms with E-state index in [9.17, 15) is 25.2 Å². The summed E-state index contributed by atoms with van der Waals surface area (Å²) in [6.07, 6.45) is -2.67. The Labute approximate surface area is 160 Å². The molecule has 0 saturated carbocycles. The second kappa shape index (κ2) is 7.67. The summed E-state index contributed by atoms with van der Waals surface area (Å²) in [5.74, 6) is 0.399. The molecule has 27 heavy (non-hydrogen) atoms. The number of carbonyl (C=O) groups is 1. The van der Waals surface area contributed by atoms with E-state index in [0.29, 0.717) is 32.0 Å². The number of piperidine rings is 2. The Bertz CT molecular complexity index is 514. The second-order valence-corrected chi connectivity index (χ2v) is 9.11. The molecule has 156 valence electrons. The van der Waals surface area contributed by atoms with Gasteiger partial charge in [-0.2, -0.15) is 0 Å². The third-order valence-electron chi connectivity index (χ3n) is 7.18. The predicted octanol–water partition coefficient (Wildman–Crippen LogP) is -4.30. The number of Topliss-reactive ketones (excluding diaryl/α,β-unsaturated/α-hetero) is 1. The van der Waals surface area contributed by atoms with E-state index < -0.39 is 31.0 Å². The van der Waals surface area contributed by atoms with E-state index >= 15 is 0 Å². The van der Waals surface area contributed by atoms with Crippen molar-refractivity contribution in [1.29, 1.82) is 0 Å². The smallest absolute Gasteiger partial charge is 0.242 e. The van der Waals surface area contributed by atoms with Crippen LogP contribution in [0.4, 0.5) is 0 Å². The molecule has 4 aliphatic rings. The number of carbonyl (C=O) groups excluding carboxylic acids is 1. The third kappa shape index (κ3) is 3.25. The van der Waals surface area contributed by atoms with Crippen LogP contribution in [0.15, 0.2) is 0 Å². The molecule has 4 fully saturated rings. The number of hydrogen-bond donors (Lipinski definition) is 7. The van der Waals surface area contributed by atoms with Gasteiger partial charge in [-0.1, -0.05) is 26.7 Å². The quantitative estimate of drug-likeness (QED) is 0.214. The Morgan fingerprint density at radius 1 is 0.926 bits per heavy atom. The van der Waals surface area contributed by atoms with Crippen molar-refractivity contribution in [2.75, 3.05) is 32.8 Å². The van der Waals surface area contributed by atoms with Gasteiger partial charge in [-0.3, -0.25) is 14.6 Å². The summed E-state index contributed by atoms with van der Waals surface area (Å²) in [5.41, 5.74) is -0.703. The lowest BCUT2D eigenvalue weighted by atomic mass is 9.57. The zero-order valence-corrected chi connectivity index (χ0v) is 16.4. The molecule has 8 heteroatoms. The van der Waals surface area contributed by atoms with Gasteiger partial charge in [0.15, 0.2) is 11.9 Å². The first-order chi connectivity index (χ1) is 12.7. The Kier molecular flexibility index (Phi) is 5.99. The van der Waals surface area contributed by atoms with Crippen molar-refractivity contribution in [1.82, 2.24) is 0 Å². The van der Waals surface area contributed by atoms with Gasteiger partial charge >= 0.3 is 0 Å². The van der Waals surface area contributed by atoms with Crippen molar-refractivity contribution in [3.8, 4) is 0 Å². The molecule has 4 heterocycles. The van der Waals surface area contributed by atoms with Crippen LogP contribution in [0.25, 0.3) is 0 Å². The van der Waals surface area contributed by atoms with E-state index in [2.05, 4.69) is 13.8 Å². The van der Waals surface area contributed by atoms with E-state index in [-0.39, 0.29) is 17.0 Å². The lowest BCUT2D eigenvalue weighted by Gasteiger charge is -2.61. The summed E-state index contributed by atoms with van der Waals surface area (Å²) >= 11 is 0. The highest BCUT2D eigenvalue weighted by Gasteiger charge is 2.71. The van der Waals surface area contributed by atoms with Gasteiger partial charge in [-0.05, 0) is 12.8 Å². The largest absolute Gasteiger partial charge is 0.394 e. The van der Waals surface area contributed by atoms with E-state index in [1.54, 1.807) is 0 Å². The number of aliphatic hydroxyl groups excluding tert-OH is 5. The first kappa shape index (κ1) is 21.1. The highest BCUT2D eigenvalue weighted by Crippen LogP contribution is 2.41. The van der Waals surface area contributed by atoms with Crippen LogP contribution in [-0.4, -0.2) is 94.7 Å². The molecule has 4 aliphatic heterocycles. The second-order valence-electron chi connectivity index (χ2n) is 9.11. The fraction of sp³-hybridized carbons (Fsp3) is 0.947. The molecule has 4 rings (SSSR count). The number of quaternary nitrogens is 2. The maximum Gasteiger partial charge on any atom is 0.242 e. The van der Waals surface area contributed by atoms with Crippen LogP contribution < -0.4 is 9.80 Å². The number of nitrogens with one attached hydrogen (secondary N) is 2. The van der Waals surface area contributed by atoms with Crippen LogP contribution in [0.3, 0.4) is 0 Å². The van der Waals surface area contributed by atoms with Crippen molar-refractivity contribution in [3.05, 3.63) is 0 Å². The highest BCUT2D eigenvalue weighted by atomic mass is 16.4. The van der Waals surface area contributed by atoms with Crippen LogP contribution in [0.5, 0.6) is 0 Å². The molecule has 4 atom stereocenters. The molecule has 4 saturated heterocycles. The molecule has 4 bridgehead atoms. The predicted molar refractivity (Wildman–Crippen MR) is 96.0 cm³/mol. The molecular formula is C19H36N2O6+2. The monoisotopic (exact) mass is 388 g/mol. The standard InChI is InChI=1S/C19H34N2O6/c1-3-5-18-8-20-10-19(6-4-2,17(18)27)11-21(9-18)16(20)15(26)14(25)13(24)12(23)7-22/h12-16,22-26H,3-11H2,1-2H3/p+2/t12-,13-,14-,15-,16?,18?,19?/m1/s1. The van der Waals surface area contributed by atoms with Crippen molar-refractivity contribution in [2.45, 2.75) is 70.1 Å². The molecule has 0 spiro atoms. The number of rotatable bonds is 9. The summed E-state index contributed by atoms with van der Waals surface area (Å²) in [6.45, 7) is 6.12. The van der Waals surface area contributed by atoms with Crippen LogP contribution in [0.1, 0.15) is 39.5 Å². The van der Waals surface area contributed by atoms with Crippen molar-refractivity contribution >= 4 is 5.78 Å². The minimum atomic E-state index is -1.61. The van der Waals surface area contributed by atoms with E-state index in [4.69, 9.17) is 5.11 Å². The molecule has 7 N–H and O–H groups in total. The molecular weight excluding hydrogens is 352 g/mol.